The molecule has 0 aromatic heterocycles. The standard InChI is InChI=1S/C10H8N4O3/c15-8-7(9(16)12-10(17)11-8)14-13-6-4-2-1-3-5-6/h1-5,7H,(H2,11,12,15,16,17). The van der Waals surface area contributed by atoms with E-state index in [2.05, 4.69) is 10.2 Å². The summed E-state index contributed by atoms with van der Waals surface area (Å²) in [6.45, 7) is 0. The molecular weight excluding hydrogens is 224 g/mol. The first-order valence-electron chi connectivity index (χ1n) is 4.78. The van der Waals surface area contributed by atoms with E-state index in [0.717, 1.165) is 0 Å². The molecule has 2 N–H and O–H groups in total. The highest BCUT2D eigenvalue weighted by Crippen LogP contribution is 2.11. The largest absolute Gasteiger partial charge is 0.328 e. The highest BCUT2D eigenvalue weighted by atomic mass is 16.2. The summed E-state index contributed by atoms with van der Waals surface area (Å²) in [5.41, 5.74) is 0.519. The fourth-order valence-corrected chi connectivity index (χ4v) is 1.23. The van der Waals surface area contributed by atoms with Crippen molar-refractivity contribution in [3.05, 3.63) is 30.3 Å². The molecular formula is C10H8N4O3. The Balaban J connectivity index is 2.13. The molecule has 0 bridgehead atoms. The zero-order valence-corrected chi connectivity index (χ0v) is 8.58. The topological polar surface area (TPSA) is 100.0 Å². The zero-order chi connectivity index (χ0) is 12.3. The number of imide groups is 2. The first kappa shape index (κ1) is 10.9. The summed E-state index contributed by atoms with van der Waals surface area (Å²) < 4.78 is 0. The van der Waals surface area contributed by atoms with Gasteiger partial charge in [-0.1, -0.05) is 18.2 Å². The van der Waals surface area contributed by atoms with Gasteiger partial charge in [-0.3, -0.25) is 20.2 Å². The van der Waals surface area contributed by atoms with Gasteiger partial charge in [-0.15, -0.1) is 0 Å². The van der Waals surface area contributed by atoms with Crippen LogP contribution in [0.5, 0.6) is 0 Å². The maximum Gasteiger partial charge on any atom is 0.328 e. The van der Waals surface area contributed by atoms with E-state index in [1.54, 1.807) is 30.3 Å². The summed E-state index contributed by atoms with van der Waals surface area (Å²) >= 11 is 0. The monoisotopic (exact) mass is 232 g/mol. The molecule has 1 heterocycles. The maximum atomic E-state index is 11.3. The summed E-state index contributed by atoms with van der Waals surface area (Å²) in [5, 5.41) is 11.2. The number of hydrogen-bond acceptors (Lipinski definition) is 5. The molecule has 4 amide bonds. The van der Waals surface area contributed by atoms with Gasteiger partial charge in [0.2, 0.25) is 6.04 Å². The van der Waals surface area contributed by atoms with Gasteiger partial charge in [0.05, 0.1) is 5.69 Å². The predicted molar refractivity (Wildman–Crippen MR) is 56.4 cm³/mol. The first-order chi connectivity index (χ1) is 8.16. The molecule has 1 aromatic carbocycles. The Bertz CT molecular complexity index is 478. The number of barbiturate groups is 1. The molecule has 86 valence electrons. The molecule has 1 aliphatic rings. The summed E-state index contributed by atoms with van der Waals surface area (Å²) in [4.78, 5) is 33.3. The van der Waals surface area contributed by atoms with Crippen LogP contribution in [0.15, 0.2) is 40.6 Å². The molecule has 0 unspecified atom stereocenters. The van der Waals surface area contributed by atoms with Crippen molar-refractivity contribution >= 4 is 23.5 Å². The highest BCUT2D eigenvalue weighted by Gasteiger charge is 2.34. The molecule has 0 spiro atoms. The Labute approximate surface area is 95.9 Å². The Morgan fingerprint density at radius 3 is 2.12 bits per heavy atom. The van der Waals surface area contributed by atoms with E-state index in [1.165, 1.54) is 0 Å². The van der Waals surface area contributed by atoms with E-state index < -0.39 is 23.9 Å². The lowest BCUT2D eigenvalue weighted by Crippen LogP contribution is -2.57. The van der Waals surface area contributed by atoms with Gasteiger partial charge in [0.1, 0.15) is 0 Å². The molecule has 0 saturated carbocycles. The van der Waals surface area contributed by atoms with Crippen LogP contribution < -0.4 is 10.6 Å². The summed E-state index contributed by atoms with van der Waals surface area (Å²) in [7, 11) is 0. The van der Waals surface area contributed by atoms with Gasteiger partial charge in [0.15, 0.2) is 0 Å². The minimum absolute atomic E-state index is 0.519. The number of rotatable bonds is 2. The molecule has 2 rings (SSSR count). The van der Waals surface area contributed by atoms with E-state index in [0.29, 0.717) is 5.69 Å². The lowest BCUT2D eigenvalue weighted by molar-refractivity contribution is -0.131. The fourth-order valence-electron chi connectivity index (χ4n) is 1.23. The normalized spacial score (nSPS) is 17.1. The minimum Gasteiger partial charge on any atom is -0.275 e. The molecule has 0 aliphatic carbocycles. The van der Waals surface area contributed by atoms with Crippen LogP contribution in [0, 0.1) is 0 Å². The SMILES string of the molecule is O=C1NC(=O)C(N=Nc2ccccc2)C(=O)N1. The van der Waals surface area contributed by atoms with Crippen molar-refractivity contribution in [3.63, 3.8) is 0 Å². The van der Waals surface area contributed by atoms with Crippen LogP contribution in [0.2, 0.25) is 0 Å². The average Bonchev–Trinajstić information content (AvgIpc) is 2.29. The second-order valence-corrected chi connectivity index (χ2v) is 3.26. The summed E-state index contributed by atoms with van der Waals surface area (Å²) in [6, 6.07) is 6.48. The number of urea groups is 1. The van der Waals surface area contributed by atoms with Gasteiger partial charge >= 0.3 is 6.03 Å². The molecule has 1 aliphatic heterocycles. The van der Waals surface area contributed by atoms with Crippen LogP contribution in [-0.2, 0) is 9.59 Å². The third kappa shape index (κ3) is 2.51. The lowest BCUT2D eigenvalue weighted by atomic mass is 10.2. The number of benzene rings is 1. The van der Waals surface area contributed by atoms with Crippen molar-refractivity contribution in [2.24, 2.45) is 10.2 Å². The average molecular weight is 232 g/mol. The third-order valence-corrected chi connectivity index (χ3v) is 2.02. The van der Waals surface area contributed by atoms with Crippen LogP contribution in [0.3, 0.4) is 0 Å². The summed E-state index contributed by atoms with van der Waals surface area (Å²) in [5.74, 6) is -1.56. The van der Waals surface area contributed by atoms with E-state index in [1.807, 2.05) is 10.6 Å². The highest BCUT2D eigenvalue weighted by molar-refractivity contribution is 6.18. The van der Waals surface area contributed by atoms with Crippen LogP contribution in [-0.4, -0.2) is 23.9 Å². The van der Waals surface area contributed by atoms with Crippen LogP contribution in [0.1, 0.15) is 0 Å². The van der Waals surface area contributed by atoms with Gasteiger partial charge in [0, 0.05) is 0 Å². The van der Waals surface area contributed by atoms with Crippen molar-refractivity contribution in [3.8, 4) is 0 Å². The number of carbonyl (C=O) groups excluding carboxylic acids is 3. The fraction of sp³-hybridized carbons (Fsp3) is 0.100. The van der Waals surface area contributed by atoms with Crippen LogP contribution in [0.4, 0.5) is 10.5 Å². The lowest BCUT2D eigenvalue weighted by Gasteiger charge is -2.15. The third-order valence-electron chi connectivity index (χ3n) is 2.02. The van der Waals surface area contributed by atoms with Crippen molar-refractivity contribution < 1.29 is 14.4 Å². The molecule has 17 heavy (non-hydrogen) atoms. The number of nitrogens with zero attached hydrogens (tertiary/aromatic N) is 2. The quantitative estimate of drug-likeness (QED) is 0.573. The van der Waals surface area contributed by atoms with E-state index in [4.69, 9.17) is 0 Å². The van der Waals surface area contributed by atoms with Gasteiger partial charge < -0.3 is 0 Å². The second kappa shape index (κ2) is 4.52. The number of amides is 4. The number of carbonyl (C=O) groups is 3. The van der Waals surface area contributed by atoms with Crippen molar-refractivity contribution in [2.75, 3.05) is 0 Å². The Hall–Kier alpha value is -2.57. The van der Waals surface area contributed by atoms with Gasteiger partial charge in [-0.05, 0) is 12.1 Å². The van der Waals surface area contributed by atoms with Crippen molar-refractivity contribution in [1.82, 2.24) is 10.6 Å². The molecule has 7 nitrogen and oxygen atoms in total. The smallest absolute Gasteiger partial charge is 0.275 e. The Morgan fingerprint density at radius 2 is 1.53 bits per heavy atom. The van der Waals surface area contributed by atoms with Gasteiger partial charge in [-0.25, -0.2) is 4.79 Å². The molecule has 0 atom stereocenters. The maximum absolute atomic E-state index is 11.3. The minimum atomic E-state index is -1.33. The molecule has 0 radical (unpaired) electrons. The molecule has 7 heteroatoms. The second-order valence-electron chi connectivity index (χ2n) is 3.26. The van der Waals surface area contributed by atoms with Crippen LogP contribution in [0.25, 0.3) is 0 Å². The summed E-state index contributed by atoms with van der Waals surface area (Å²) in [6.07, 6.45) is 0. The first-order valence-corrected chi connectivity index (χ1v) is 4.78. The van der Waals surface area contributed by atoms with Crippen molar-refractivity contribution in [1.29, 1.82) is 0 Å². The van der Waals surface area contributed by atoms with Gasteiger partial charge in [0.25, 0.3) is 11.8 Å². The van der Waals surface area contributed by atoms with Gasteiger partial charge in [-0.2, -0.15) is 10.2 Å². The Morgan fingerprint density at radius 1 is 0.941 bits per heavy atom. The van der Waals surface area contributed by atoms with E-state index in [9.17, 15) is 14.4 Å². The molecule has 1 aromatic rings. The zero-order valence-electron chi connectivity index (χ0n) is 8.58. The van der Waals surface area contributed by atoms with E-state index >= 15 is 0 Å². The molecule has 1 fully saturated rings. The van der Waals surface area contributed by atoms with Crippen LogP contribution >= 0.6 is 0 Å². The molecule has 1 saturated heterocycles. The Kier molecular flexibility index (Phi) is 2.91. The number of hydrogen-bond donors (Lipinski definition) is 2. The van der Waals surface area contributed by atoms with Crippen molar-refractivity contribution in [2.45, 2.75) is 6.04 Å². The number of azo groups is 1. The van der Waals surface area contributed by atoms with E-state index in [-0.39, 0.29) is 0 Å². The number of nitrogens with one attached hydrogen (secondary N) is 2. The predicted octanol–water partition coefficient (Wildman–Crippen LogP) is 0.505.